The molecular formula is C29H33N3O4S. The molecule has 0 atom stereocenters. The Hall–Kier alpha value is -3.65. The molecule has 0 unspecified atom stereocenters. The lowest BCUT2D eigenvalue weighted by Crippen LogP contribution is -2.35. The van der Waals surface area contributed by atoms with E-state index in [2.05, 4.69) is 10.6 Å². The van der Waals surface area contributed by atoms with Crippen molar-refractivity contribution >= 4 is 35.1 Å². The van der Waals surface area contributed by atoms with Crippen LogP contribution >= 0.6 is 11.8 Å². The first kappa shape index (κ1) is 26.4. The van der Waals surface area contributed by atoms with Gasteiger partial charge in [0, 0.05) is 17.1 Å². The summed E-state index contributed by atoms with van der Waals surface area (Å²) in [6.45, 7) is 8.00. The summed E-state index contributed by atoms with van der Waals surface area (Å²) in [5.41, 5.74) is 4.75. The topological polar surface area (TPSA) is 79.9 Å². The zero-order valence-electron chi connectivity index (χ0n) is 21.5. The lowest BCUT2D eigenvalue weighted by atomic mass is 10.1. The fourth-order valence-electron chi connectivity index (χ4n) is 4.08. The third kappa shape index (κ3) is 6.98. The number of amides is 3. The molecule has 0 fully saturated rings. The fourth-order valence-corrected chi connectivity index (χ4v) is 4.99. The largest absolute Gasteiger partial charge is 0.490 e. The predicted octanol–water partition coefficient (Wildman–Crippen LogP) is 5.80. The fraction of sp³-hybridized carbons (Fsp3) is 0.310. The molecule has 3 aromatic carbocycles. The Labute approximate surface area is 222 Å². The summed E-state index contributed by atoms with van der Waals surface area (Å²) in [5, 5.41) is 5.81. The summed E-state index contributed by atoms with van der Waals surface area (Å²) in [6.07, 6.45) is 0.652. The van der Waals surface area contributed by atoms with Gasteiger partial charge in [0.25, 0.3) is 0 Å². The molecule has 1 aliphatic heterocycles. The highest BCUT2D eigenvalue weighted by atomic mass is 32.2. The van der Waals surface area contributed by atoms with Gasteiger partial charge in [0.2, 0.25) is 5.91 Å². The van der Waals surface area contributed by atoms with E-state index < -0.39 is 0 Å². The van der Waals surface area contributed by atoms with Gasteiger partial charge in [-0.25, -0.2) is 4.79 Å². The molecule has 1 heterocycles. The van der Waals surface area contributed by atoms with Crippen LogP contribution in [-0.2, 0) is 17.8 Å². The number of ether oxygens (including phenoxy) is 2. The number of aryl methyl sites for hydroxylation is 1. The molecule has 0 radical (unpaired) electrons. The van der Waals surface area contributed by atoms with Gasteiger partial charge in [-0.15, -0.1) is 11.8 Å². The lowest BCUT2D eigenvalue weighted by Gasteiger charge is -2.29. The molecule has 0 bridgehead atoms. The molecule has 2 N–H and O–H groups in total. The Morgan fingerprint density at radius 3 is 2.43 bits per heavy atom. The van der Waals surface area contributed by atoms with E-state index in [9.17, 15) is 9.59 Å². The molecule has 0 saturated carbocycles. The van der Waals surface area contributed by atoms with Crippen LogP contribution in [0.2, 0.25) is 0 Å². The minimum absolute atomic E-state index is 0.0569. The van der Waals surface area contributed by atoms with Crippen molar-refractivity contribution in [3.8, 4) is 11.5 Å². The Morgan fingerprint density at radius 1 is 0.946 bits per heavy atom. The van der Waals surface area contributed by atoms with Gasteiger partial charge in [0.05, 0.1) is 31.2 Å². The Kier molecular flexibility index (Phi) is 8.95. The number of benzene rings is 3. The maximum absolute atomic E-state index is 12.7. The van der Waals surface area contributed by atoms with Crippen molar-refractivity contribution in [2.75, 3.05) is 35.7 Å². The van der Waals surface area contributed by atoms with Crippen LogP contribution in [0.5, 0.6) is 11.5 Å². The number of anilines is 2. The van der Waals surface area contributed by atoms with E-state index in [4.69, 9.17) is 9.47 Å². The second-order valence-corrected chi connectivity index (χ2v) is 9.73. The van der Waals surface area contributed by atoms with E-state index in [1.807, 2.05) is 81.4 Å². The highest BCUT2D eigenvalue weighted by Gasteiger charge is 2.25. The van der Waals surface area contributed by atoms with Gasteiger partial charge in [0.1, 0.15) is 0 Å². The number of thioether (sulfide) groups is 1. The van der Waals surface area contributed by atoms with Gasteiger partial charge < -0.3 is 25.0 Å². The molecule has 0 spiro atoms. The third-order valence-electron chi connectivity index (χ3n) is 5.93. The summed E-state index contributed by atoms with van der Waals surface area (Å²) >= 11 is 1.52. The minimum atomic E-state index is -0.296. The Morgan fingerprint density at radius 2 is 1.68 bits per heavy atom. The van der Waals surface area contributed by atoms with Crippen LogP contribution in [0.25, 0.3) is 0 Å². The number of hydrogen-bond donors (Lipinski definition) is 2. The molecule has 1 aliphatic rings. The summed E-state index contributed by atoms with van der Waals surface area (Å²) in [7, 11) is 0. The number of urea groups is 1. The molecule has 7 nitrogen and oxygen atoms in total. The number of rotatable bonds is 10. The number of nitrogens with zero attached hydrogens (tertiary/aromatic N) is 1. The minimum Gasteiger partial charge on any atom is -0.490 e. The first-order chi connectivity index (χ1) is 18.0. The zero-order valence-corrected chi connectivity index (χ0v) is 22.3. The van der Waals surface area contributed by atoms with Crippen LogP contribution in [0.4, 0.5) is 16.2 Å². The highest BCUT2D eigenvalue weighted by Crippen LogP contribution is 2.38. The average molecular weight is 520 g/mol. The SMILES string of the molecule is CCOc1ccc(CCNC(=O)Nc2ccc3c(c2)N(Cc2ccc(C)cc2)C(=O)CS3)cc1OCC. The van der Waals surface area contributed by atoms with E-state index in [1.54, 1.807) is 4.90 Å². The van der Waals surface area contributed by atoms with Crippen LogP contribution in [0.15, 0.2) is 65.6 Å². The van der Waals surface area contributed by atoms with E-state index in [0.717, 1.165) is 27.5 Å². The van der Waals surface area contributed by atoms with Crippen molar-refractivity contribution in [3.63, 3.8) is 0 Å². The molecular weight excluding hydrogens is 486 g/mol. The second kappa shape index (κ2) is 12.5. The van der Waals surface area contributed by atoms with Crippen molar-refractivity contribution in [1.29, 1.82) is 0 Å². The monoisotopic (exact) mass is 519 g/mol. The average Bonchev–Trinajstić information content (AvgIpc) is 2.89. The van der Waals surface area contributed by atoms with Crippen LogP contribution in [0, 0.1) is 6.92 Å². The maximum atomic E-state index is 12.7. The maximum Gasteiger partial charge on any atom is 0.319 e. The van der Waals surface area contributed by atoms with Crippen LogP contribution < -0.4 is 25.0 Å². The predicted molar refractivity (Wildman–Crippen MR) is 149 cm³/mol. The molecule has 37 heavy (non-hydrogen) atoms. The molecule has 0 aromatic heterocycles. The molecule has 4 rings (SSSR count). The molecule has 194 valence electrons. The van der Waals surface area contributed by atoms with Crippen LogP contribution in [-0.4, -0.2) is 37.4 Å². The summed E-state index contributed by atoms with van der Waals surface area (Å²) < 4.78 is 11.3. The smallest absolute Gasteiger partial charge is 0.319 e. The number of hydrogen-bond acceptors (Lipinski definition) is 5. The van der Waals surface area contributed by atoms with E-state index in [-0.39, 0.29) is 11.9 Å². The van der Waals surface area contributed by atoms with Gasteiger partial charge in [0.15, 0.2) is 11.5 Å². The van der Waals surface area contributed by atoms with Gasteiger partial charge in [-0.3, -0.25) is 4.79 Å². The van der Waals surface area contributed by atoms with Crippen molar-refractivity contribution in [2.24, 2.45) is 0 Å². The van der Waals surface area contributed by atoms with Gasteiger partial charge in [-0.05, 0) is 68.7 Å². The summed E-state index contributed by atoms with van der Waals surface area (Å²) in [4.78, 5) is 28.2. The van der Waals surface area contributed by atoms with E-state index in [0.29, 0.717) is 49.9 Å². The molecule has 3 amide bonds. The highest BCUT2D eigenvalue weighted by molar-refractivity contribution is 8.00. The number of carbonyl (C=O) groups excluding carboxylic acids is 2. The summed E-state index contributed by atoms with van der Waals surface area (Å²) in [6, 6.07) is 19.4. The van der Waals surface area contributed by atoms with Crippen molar-refractivity contribution < 1.29 is 19.1 Å². The molecule has 0 saturated heterocycles. The normalized spacial score (nSPS) is 12.6. The van der Waals surface area contributed by atoms with Gasteiger partial charge in [-0.2, -0.15) is 0 Å². The van der Waals surface area contributed by atoms with Gasteiger partial charge in [-0.1, -0.05) is 35.9 Å². The Bertz CT molecular complexity index is 1250. The first-order valence-corrected chi connectivity index (χ1v) is 13.5. The van der Waals surface area contributed by atoms with Crippen molar-refractivity contribution in [2.45, 2.75) is 38.6 Å². The number of nitrogens with one attached hydrogen (secondary N) is 2. The molecule has 0 aliphatic carbocycles. The van der Waals surface area contributed by atoms with E-state index in [1.165, 1.54) is 17.3 Å². The standard InChI is InChI=1S/C29H33N3O4S/c1-4-35-25-12-10-21(16-26(25)36-5-2)14-15-30-29(34)31-23-11-13-27-24(17-23)32(28(33)19-37-27)18-22-8-6-20(3)7-9-22/h6-13,16-17H,4-5,14-15,18-19H2,1-3H3,(H2,30,31,34). The van der Waals surface area contributed by atoms with Crippen molar-refractivity contribution in [1.82, 2.24) is 5.32 Å². The molecule has 3 aromatic rings. The van der Waals surface area contributed by atoms with E-state index >= 15 is 0 Å². The third-order valence-corrected chi connectivity index (χ3v) is 6.98. The Balaban J connectivity index is 1.37. The van der Waals surface area contributed by atoms with Crippen LogP contribution in [0.3, 0.4) is 0 Å². The second-order valence-electron chi connectivity index (χ2n) is 8.71. The zero-order chi connectivity index (χ0) is 26.2. The summed E-state index contributed by atoms with van der Waals surface area (Å²) in [5.74, 6) is 1.89. The number of carbonyl (C=O) groups is 2. The number of fused-ring (bicyclic) bond motifs is 1. The van der Waals surface area contributed by atoms with Crippen molar-refractivity contribution in [3.05, 3.63) is 77.4 Å². The van der Waals surface area contributed by atoms with Crippen LogP contribution in [0.1, 0.15) is 30.5 Å². The quantitative estimate of drug-likeness (QED) is 0.354. The first-order valence-electron chi connectivity index (χ1n) is 12.5. The van der Waals surface area contributed by atoms with Gasteiger partial charge >= 0.3 is 6.03 Å². The molecule has 8 heteroatoms. The lowest BCUT2D eigenvalue weighted by molar-refractivity contribution is -0.116.